The van der Waals surface area contributed by atoms with Crippen molar-refractivity contribution in [2.24, 2.45) is 5.92 Å². The van der Waals surface area contributed by atoms with Gasteiger partial charge in [-0.1, -0.05) is 6.92 Å². The highest BCUT2D eigenvalue weighted by atomic mass is 32.1. The molecule has 2 rings (SSSR count). The van der Waals surface area contributed by atoms with Gasteiger partial charge in [0.25, 0.3) is 0 Å². The Morgan fingerprint density at radius 1 is 1.50 bits per heavy atom. The molecule has 0 bridgehead atoms. The van der Waals surface area contributed by atoms with Crippen LogP contribution in [0.5, 0.6) is 0 Å². The van der Waals surface area contributed by atoms with Crippen LogP contribution in [-0.4, -0.2) is 48.4 Å². The predicted molar refractivity (Wildman–Crippen MR) is 93.5 cm³/mol. The summed E-state index contributed by atoms with van der Waals surface area (Å²) in [4.78, 5) is 11.3. The summed E-state index contributed by atoms with van der Waals surface area (Å²) < 4.78 is 4.98. The van der Waals surface area contributed by atoms with Crippen LogP contribution in [0.4, 0.5) is 11.8 Å². The fourth-order valence-corrected chi connectivity index (χ4v) is 2.77. The number of nitrogens with zero attached hydrogens (tertiary/aromatic N) is 3. The molecule has 0 aromatic carbocycles. The molecule has 1 aliphatic rings. The summed E-state index contributed by atoms with van der Waals surface area (Å²) in [6.07, 6.45) is 2.50. The highest BCUT2D eigenvalue weighted by molar-refractivity contribution is 7.80. The molecule has 0 amide bonds. The van der Waals surface area contributed by atoms with E-state index in [4.69, 9.17) is 17.0 Å². The van der Waals surface area contributed by atoms with E-state index in [0.717, 1.165) is 24.6 Å². The van der Waals surface area contributed by atoms with E-state index in [-0.39, 0.29) is 0 Å². The molecular weight excluding hydrogens is 298 g/mol. The lowest BCUT2D eigenvalue weighted by Gasteiger charge is -2.32. The Hall–Kier alpha value is -1.47. The van der Waals surface area contributed by atoms with Crippen molar-refractivity contribution >= 4 is 29.1 Å². The molecule has 1 atom stereocenters. The number of aryl methyl sites for hydroxylation is 1. The average Bonchev–Trinajstić information content (AvgIpc) is 2.47. The average molecular weight is 323 g/mol. The molecule has 2 heterocycles. The monoisotopic (exact) mass is 323 g/mol. The van der Waals surface area contributed by atoms with Crippen LogP contribution in [0.25, 0.3) is 0 Å². The third-order valence-electron chi connectivity index (χ3n) is 3.64. The lowest BCUT2D eigenvalue weighted by molar-refractivity contribution is 0.204. The Kier molecular flexibility index (Phi) is 6.33. The smallest absolute Gasteiger partial charge is 0.231 e. The van der Waals surface area contributed by atoms with E-state index in [1.54, 1.807) is 7.11 Å². The van der Waals surface area contributed by atoms with Crippen molar-refractivity contribution in [2.45, 2.75) is 26.7 Å². The van der Waals surface area contributed by atoms with E-state index in [1.807, 2.05) is 13.0 Å². The molecule has 22 heavy (non-hydrogen) atoms. The number of anilines is 2. The van der Waals surface area contributed by atoms with E-state index >= 15 is 0 Å². The quantitative estimate of drug-likeness (QED) is 0.634. The van der Waals surface area contributed by atoms with Crippen molar-refractivity contribution in [3.8, 4) is 0 Å². The second-order valence-corrected chi connectivity index (χ2v) is 6.17. The molecule has 0 spiro atoms. The summed E-state index contributed by atoms with van der Waals surface area (Å²) in [5.41, 5.74) is 0.936. The molecule has 1 aliphatic heterocycles. The lowest BCUT2D eigenvalue weighted by atomic mass is 10.0. The Bertz CT molecular complexity index is 511. The number of thiocarbonyl (C=S) groups is 1. The maximum absolute atomic E-state index is 5.24. The van der Waals surface area contributed by atoms with Crippen molar-refractivity contribution in [1.82, 2.24) is 15.3 Å². The summed E-state index contributed by atoms with van der Waals surface area (Å²) in [7, 11) is 1.66. The van der Waals surface area contributed by atoms with Gasteiger partial charge in [-0.2, -0.15) is 4.98 Å². The summed E-state index contributed by atoms with van der Waals surface area (Å²) in [6.45, 7) is 7.63. The van der Waals surface area contributed by atoms with Gasteiger partial charge < -0.3 is 20.3 Å². The zero-order chi connectivity index (χ0) is 15.9. The largest absolute Gasteiger partial charge is 0.383 e. The zero-order valence-corrected chi connectivity index (χ0v) is 14.4. The lowest BCUT2D eigenvalue weighted by Crippen LogP contribution is -2.35. The van der Waals surface area contributed by atoms with Crippen LogP contribution in [0.1, 0.15) is 25.5 Å². The van der Waals surface area contributed by atoms with Crippen LogP contribution in [0, 0.1) is 12.8 Å². The molecular formula is C15H25N5OS. The van der Waals surface area contributed by atoms with Gasteiger partial charge in [0.1, 0.15) is 5.82 Å². The Labute approximate surface area is 137 Å². The highest BCUT2D eigenvalue weighted by Gasteiger charge is 2.18. The molecule has 1 aromatic heterocycles. The van der Waals surface area contributed by atoms with Crippen molar-refractivity contribution in [2.75, 3.05) is 43.6 Å². The standard InChI is InChI=1S/C15H25N5OS/c1-11-5-4-7-20(10-11)13-9-12(2)17-14(18-13)19-15(22)16-6-8-21-3/h9,11H,4-8,10H2,1-3H3,(H2,16,17,18,19,22). The second kappa shape index (κ2) is 8.24. The van der Waals surface area contributed by atoms with Crippen molar-refractivity contribution in [3.05, 3.63) is 11.8 Å². The van der Waals surface area contributed by atoms with Gasteiger partial charge in [-0.3, -0.25) is 0 Å². The highest BCUT2D eigenvalue weighted by Crippen LogP contribution is 2.22. The van der Waals surface area contributed by atoms with Crippen LogP contribution < -0.4 is 15.5 Å². The second-order valence-electron chi connectivity index (χ2n) is 5.76. The Morgan fingerprint density at radius 3 is 3.05 bits per heavy atom. The molecule has 6 nitrogen and oxygen atoms in total. The number of methoxy groups -OCH3 is 1. The molecule has 0 aliphatic carbocycles. The van der Waals surface area contributed by atoms with Gasteiger partial charge in [-0.15, -0.1) is 0 Å². The molecule has 1 fully saturated rings. The fraction of sp³-hybridized carbons (Fsp3) is 0.667. The van der Waals surface area contributed by atoms with Gasteiger partial charge in [0.15, 0.2) is 5.11 Å². The van der Waals surface area contributed by atoms with Gasteiger partial charge >= 0.3 is 0 Å². The molecule has 0 saturated carbocycles. The first kappa shape index (κ1) is 16.9. The van der Waals surface area contributed by atoms with E-state index < -0.39 is 0 Å². The number of ether oxygens (including phenoxy) is 1. The molecule has 0 radical (unpaired) electrons. The van der Waals surface area contributed by atoms with Crippen molar-refractivity contribution < 1.29 is 4.74 Å². The van der Waals surface area contributed by atoms with Crippen LogP contribution >= 0.6 is 12.2 Å². The van der Waals surface area contributed by atoms with E-state index in [1.165, 1.54) is 12.8 Å². The van der Waals surface area contributed by atoms with Gasteiger partial charge in [-0.05, 0) is 37.9 Å². The first-order valence-corrected chi connectivity index (χ1v) is 8.13. The maximum Gasteiger partial charge on any atom is 0.231 e. The number of rotatable bonds is 5. The van der Waals surface area contributed by atoms with Gasteiger partial charge in [0, 0.05) is 38.5 Å². The van der Waals surface area contributed by atoms with E-state index in [9.17, 15) is 0 Å². The van der Waals surface area contributed by atoms with E-state index in [2.05, 4.69) is 32.4 Å². The van der Waals surface area contributed by atoms with Crippen molar-refractivity contribution in [3.63, 3.8) is 0 Å². The molecule has 7 heteroatoms. The summed E-state index contributed by atoms with van der Waals surface area (Å²) in [5.74, 6) is 2.22. The first-order valence-electron chi connectivity index (χ1n) is 7.73. The number of aromatic nitrogens is 2. The topological polar surface area (TPSA) is 62.3 Å². The normalized spacial score (nSPS) is 18.1. The van der Waals surface area contributed by atoms with Crippen LogP contribution in [0.2, 0.25) is 0 Å². The first-order chi connectivity index (χ1) is 10.6. The number of nitrogens with one attached hydrogen (secondary N) is 2. The van der Waals surface area contributed by atoms with Gasteiger partial charge in [0.2, 0.25) is 5.95 Å². The fourth-order valence-electron chi connectivity index (χ4n) is 2.58. The zero-order valence-electron chi connectivity index (χ0n) is 13.6. The molecule has 2 N–H and O–H groups in total. The summed E-state index contributed by atoms with van der Waals surface area (Å²) in [6, 6.07) is 2.03. The van der Waals surface area contributed by atoms with Crippen LogP contribution in [0.3, 0.4) is 0 Å². The molecule has 1 aromatic rings. The number of piperidine rings is 1. The van der Waals surface area contributed by atoms with Gasteiger partial charge in [0.05, 0.1) is 6.61 Å². The third kappa shape index (κ3) is 5.06. The molecule has 1 unspecified atom stereocenters. The van der Waals surface area contributed by atoms with Gasteiger partial charge in [-0.25, -0.2) is 4.98 Å². The predicted octanol–water partition coefficient (Wildman–Crippen LogP) is 1.95. The van der Waals surface area contributed by atoms with Crippen LogP contribution in [0.15, 0.2) is 6.07 Å². The minimum atomic E-state index is 0.514. The van der Waals surface area contributed by atoms with E-state index in [0.29, 0.717) is 30.1 Å². The molecule has 1 saturated heterocycles. The third-order valence-corrected chi connectivity index (χ3v) is 3.89. The maximum atomic E-state index is 5.24. The summed E-state index contributed by atoms with van der Waals surface area (Å²) in [5, 5.41) is 6.62. The summed E-state index contributed by atoms with van der Waals surface area (Å²) >= 11 is 5.24. The molecule has 122 valence electrons. The van der Waals surface area contributed by atoms with Crippen molar-refractivity contribution in [1.29, 1.82) is 0 Å². The number of hydrogen-bond acceptors (Lipinski definition) is 5. The minimum absolute atomic E-state index is 0.514. The number of hydrogen-bond donors (Lipinski definition) is 2. The SMILES string of the molecule is COCCNC(=S)Nc1nc(C)cc(N2CCCC(C)C2)n1. The van der Waals surface area contributed by atoms with Crippen LogP contribution in [-0.2, 0) is 4.74 Å². The minimum Gasteiger partial charge on any atom is -0.383 e. The Balaban J connectivity index is 2.01. The Morgan fingerprint density at radius 2 is 2.32 bits per heavy atom.